The van der Waals surface area contributed by atoms with Gasteiger partial charge in [-0.25, -0.2) is 4.79 Å². The number of carboxylic acids is 1. The molecule has 1 rings (SSSR count). The molecule has 0 saturated carbocycles. The summed E-state index contributed by atoms with van der Waals surface area (Å²) in [5.41, 5.74) is 0.942. The second-order valence-electron chi connectivity index (χ2n) is 4.13. The molecule has 1 amide bonds. The first-order valence-corrected chi connectivity index (χ1v) is 6.21. The smallest absolute Gasteiger partial charge is 0.326 e. The molecule has 0 radical (unpaired) electrons. The Bertz CT molecular complexity index is 462. The van der Waals surface area contributed by atoms with Gasteiger partial charge in [0.15, 0.2) is 0 Å². The average Bonchev–Trinajstić information content (AvgIpc) is 2.39. The lowest BCUT2D eigenvalue weighted by Gasteiger charge is -2.25. The molecule has 1 aromatic heterocycles. The molecule has 0 aliphatic rings. The SMILES string of the molecule is CCNC(=O)c1cc(N(C)C(CC)C(=O)O)ccn1. The Hall–Kier alpha value is -2.11. The molecule has 0 aromatic carbocycles. The third-order valence-electron chi connectivity index (χ3n) is 2.86. The first kappa shape index (κ1) is 14.9. The topological polar surface area (TPSA) is 82.5 Å². The van der Waals surface area contributed by atoms with Crippen molar-refractivity contribution < 1.29 is 14.7 Å². The van der Waals surface area contributed by atoms with Gasteiger partial charge in [0.1, 0.15) is 11.7 Å². The lowest BCUT2D eigenvalue weighted by Crippen LogP contribution is -2.38. The first-order chi connectivity index (χ1) is 9.01. The van der Waals surface area contributed by atoms with Gasteiger partial charge in [0.2, 0.25) is 0 Å². The number of carbonyl (C=O) groups is 2. The van der Waals surface area contributed by atoms with Gasteiger partial charge >= 0.3 is 5.97 Å². The summed E-state index contributed by atoms with van der Waals surface area (Å²) in [5.74, 6) is -1.15. The van der Waals surface area contributed by atoms with Gasteiger partial charge in [0.25, 0.3) is 5.91 Å². The van der Waals surface area contributed by atoms with E-state index in [0.29, 0.717) is 18.7 Å². The summed E-state index contributed by atoms with van der Waals surface area (Å²) in [5, 5.41) is 11.8. The van der Waals surface area contributed by atoms with Crippen LogP contribution in [0.4, 0.5) is 5.69 Å². The number of rotatable bonds is 6. The number of likely N-dealkylation sites (N-methyl/N-ethyl adjacent to an activating group) is 1. The number of nitrogens with zero attached hydrogens (tertiary/aromatic N) is 2. The van der Waals surface area contributed by atoms with Crippen molar-refractivity contribution in [3.8, 4) is 0 Å². The lowest BCUT2D eigenvalue weighted by atomic mass is 10.1. The maximum atomic E-state index is 11.7. The van der Waals surface area contributed by atoms with Gasteiger partial charge in [-0.05, 0) is 25.5 Å². The maximum Gasteiger partial charge on any atom is 0.326 e. The van der Waals surface area contributed by atoms with Crippen molar-refractivity contribution in [2.24, 2.45) is 0 Å². The Kier molecular flexibility index (Phi) is 5.29. The van der Waals surface area contributed by atoms with Crippen molar-refractivity contribution in [3.63, 3.8) is 0 Å². The number of hydrogen-bond donors (Lipinski definition) is 2. The summed E-state index contributed by atoms with van der Waals surface area (Å²) in [4.78, 5) is 28.4. The Morgan fingerprint density at radius 3 is 2.68 bits per heavy atom. The zero-order valence-electron chi connectivity index (χ0n) is 11.4. The van der Waals surface area contributed by atoms with Gasteiger partial charge in [-0.2, -0.15) is 0 Å². The minimum atomic E-state index is -0.888. The molecule has 0 fully saturated rings. The van der Waals surface area contributed by atoms with Crippen LogP contribution in [0.15, 0.2) is 18.3 Å². The molecule has 1 aromatic rings. The van der Waals surface area contributed by atoms with E-state index < -0.39 is 12.0 Å². The van der Waals surface area contributed by atoms with Crippen molar-refractivity contribution in [1.82, 2.24) is 10.3 Å². The molecule has 2 N–H and O–H groups in total. The average molecular weight is 265 g/mol. The number of hydrogen-bond acceptors (Lipinski definition) is 4. The molecule has 0 bridgehead atoms. The fourth-order valence-corrected chi connectivity index (χ4v) is 1.81. The van der Waals surface area contributed by atoms with E-state index >= 15 is 0 Å². The molecule has 1 heterocycles. The summed E-state index contributed by atoms with van der Waals surface area (Å²) in [6.45, 7) is 4.15. The number of anilines is 1. The molecule has 0 aliphatic heterocycles. The predicted octanol–water partition coefficient (Wildman–Crippen LogP) is 1.13. The molecule has 104 valence electrons. The van der Waals surface area contributed by atoms with Crippen LogP contribution in [-0.4, -0.2) is 41.6 Å². The van der Waals surface area contributed by atoms with Crippen LogP contribution in [0.25, 0.3) is 0 Å². The third kappa shape index (κ3) is 3.67. The summed E-state index contributed by atoms with van der Waals surface area (Å²) < 4.78 is 0. The Balaban J connectivity index is 2.98. The van der Waals surface area contributed by atoms with Crippen LogP contribution < -0.4 is 10.2 Å². The Labute approximate surface area is 112 Å². The summed E-state index contributed by atoms with van der Waals surface area (Å²) in [7, 11) is 1.69. The van der Waals surface area contributed by atoms with E-state index in [-0.39, 0.29) is 11.6 Å². The van der Waals surface area contributed by atoms with Crippen LogP contribution in [-0.2, 0) is 4.79 Å². The van der Waals surface area contributed by atoms with E-state index in [1.54, 1.807) is 31.0 Å². The van der Waals surface area contributed by atoms with Crippen LogP contribution in [0.5, 0.6) is 0 Å². The van der Waals surface area contributed by atoms with Crippen LogP contribution >= 0.6 is 0 Å². The summed E-state index contributed by atoms with van der Waals surface area (Å²) >= 11 is 0. The largest absolute Gasteiger partial charge is 0.480 e. The number of aliphatic carboxylic acids is 1. The number of amides is 1. The lowest BCUT2D eigenvalue weighted by molar-refractivity contribution is -0.138. The van der Waals surface area contributed by atoms with Gasteiger partial charge in [-0.15, -0.1) is 0 Å². The van der Waals surface area contributed by atoms with Gasteiger partial charge < -0.3 is 15.3 Å². The normalized spacial score (nSPS) is 11.7. The highest BCUT2D eigenvalue weighted by Gasteiger charge is 2.21. The molecular formula is C13H19N3O3. The van der Waals surface area contributed by atoms with Gasteiger partial charge in [0.05, 0.1) is 0 Å². The van der Waals surface area contributed by atoms with Crippen LogP contribution in [0, 0.1) is 0 Å². The fraction of sp³-hybridized carbons (Fsp3) is 0.462. The van der Waals surface area contributed by atoms with Crippen molar-refractivity contribution >= 4 is 17.6 Å². The molecule has 19 heavy (non-hydrogen) atoms. The fourth-order valence-electron chi connectivity index (χ4n) is 1.81. The Morgan fingerprint density at radius 1 is 1.47 bits per heavy atom. The minimum absolute atomic E-state index is 0.263. The molecule has 0 aliphatic carbocycles. The van der Waals surface area contributed by atoms with Gasteiger partial charge in [-0.3, -0.25) is 9.78 Å². The van der Waals surface area contributed by atoms with Gasteiger partial charge in [0, 0.05) is 25.5 Å². The number of carbonyl (C=O) groups excluding carboxylic acids is 1. The molecule has 0 spiro atoms. The van der Waals surface area contributed by atoms with Crippen LogP contribution in [0.1, 0.15) is 30.8 Å². The number of carboxylic acid groups (broad SMARTS) is 1. The highest BCUT2D eigenvalue weighted by molar-refractivity contribution is 5.93. The van der Waals surface area contributed by atoms with E-state index in [2.05, 4.69) is 10.3 Å². The van der Waals surface area contributed by atoms with E-state index in [1.807, 2.05) is 6.92 Å². The second-order valence-corrected chi connectivity index (χ2v) is 4.13. The molecule has 0 saturated heterocycles. The Morgan fingerprint density at radius 2 is 2.16 bits per heavy atom. The summed E-state index contributed by atoms with van der Waals surface area (Å²) in [6.07, 6.45) is 1.98. The molecule has 6 heteroatoms. The predicted molar refractivity (Wildman–Crippen MR) is 72.4 cm³/mol. The standard InChI is InChI=1S/C13H19N3O3/c1-4-11(13(18)19)16(3)9-6-7-15-10(8-9)12(17)14-5-2/h6-8,11H,4-5H2,1-3H3,(H,14,17)(H,18,19). The number of nitrogens with one attached hydrogen (secondary N) is 1. The van der Waals surface area contributed by atoms with Crippen molar-refractivity contribution in [3.05, 3.63) is 24.0 Å². The monoisotopic (exact) mass is 265 g/mol. The summed E-state index contributed by atoms with van der Waals surface area (Å²) in [6, 6.07) is 2.66. The zero-order valence-corrected chi connectivity index (χ0v) is 11.4. The number of pyridine rings is 1. The highest BCUT2D eigenvalue weighted by Crippen LogP contribution is 2.17. The highest BCUT2D eigenvalue weighted by atomic mass is 16.4. The van der Waals surface area contributed by atoms with Crippen LogP contribution in [0.2, 0.25) is 0 Å². The first-order valence-electron chi connectivity index (χ1n) is 6.21. The molecule has 1 unspecified atom stereocenters. The van der Waals surface area contributed by atoms with E-state index in [1.165, 1.54) is 6.20 Å². The van der Waals surface area contributed by atoms with E-state index in [0.717, 1.165) is 0 Å². The molecular weight excluding hydrogens is 246 g/mol. The van der Waals surface area contributed by atoms with E-state index in [9.17, 15) is 9.59 Å². The molecule has 1 atom stereocenters. The maximum absolute atomic E-state index is 11.7. The molecule has 6 nitrogen and oxygen atoms in total. The second kappa shape index (κ2) is 6.72. The van der Waals surface area contributed by atoms with Crippen molar-refractivity contribution in [2.45, 2.75) is 26.3 Å². The van der Waals surface area contributed by atoms with E-state index in [4.69, 9.17) is 5.11 Å². The van der Waals surface area contributed by atoms with Gasteiger partial charge in [-0.1, -0.05) is 6.92 Å². The van der Waals surface area contributed by atoms with Crippen LogP contribution in [0.3, 0.4) is 0 Å². The number of aromatic nitrogens is 1. The third-order valence-corrected chi connectivity index (χ3v) is 2.86. The minimum Gasteiger partial charge on any atom is -0.480 e. The zero-order chi connectivity index (χ0) is 14.4. The quantitative estimate of drug-likeness (QED) is 0.805. The van der Waals surface area contributed by atoms with Crippen molar-refractivity contribution in [1.29, 1.82) is 0 Å². The van der Waals surface area contributed by atoms with Crippen molar-refractivity contribution in [2.75, 3.05) is 18.5 Å².